The lowest BCUT2D eigenvalue weighted by atomic mass is 9.72. The van der Waals surface area contributed by atoms with E-state index in [1.807, 2.05) is 0 Å². The summed E-state index contributed by atoms with van der Waals surface area (Å²) in [6.45, 7) is 2.14. The van der Waals surface area contributed by atoms with Crippen LogP contribution in [-0.4, -0.2) is 0 Å². The Hall–Kier alpha value is -0.550. The van der Waals surface area contributed by atoms with Crippen LogP contribution in [0.25, 0.3) is 0 Å². The summed E-state index contributed by atoms with van der Waals surface area (Å²) in [6, 6.07) is 4.06. The first-order valence-electron chi connectivity index (χ1n) is 7.46. The van der Waals surface area contributed by atoms with Gasteiger partial charge in [0.2, 0.25) is 0 Å². The summed E-state index contributed by atoms with van der Waals surface area (Å²) in [5.41, 5.74) is 6.27. The Kier molecular flexibility index (Phi) is 5.36. The van der Waals surface area contributed by atoms with E-state index in [4.69, 9.17) is 5.73 Å². The first-order chi connectivity index (χ1) is 9.84. The highest BCUT2D eigenvalue weighted by Gasteiger charge is 2.35. The molecular weight excluding hydrogens is 343 g/mol. The summed E-state index contributed by atoms with van der Waals surface area (Å²) < 4.78 is 39.1. The van der Waals surface area contributed by atoms with Crippen LogP contribution in [0.15, 0.2) is 22.7 Å². The topological polar surface area (TPSA) is 26.0 Å². The highest BCUT2D eigenvalue weighted by molar-refractivity contribution is 9.10. The third kappa shape index (κ3) is 3.81. The average Bonchev–Trinajstić information content (AvgIpc) is 2.45. The van der Waals surface area contributed by atoms with E-state index >= 15 is 0 Å². The van der Waals surface area contributed by atoms with Crippen molar-refractivity contribution in [2.45, 2.75) is 51.2 Å². The number of alkyl halides is 3. The maximum atomic E-state index is 13.0. The molecule has 1 aliphatic carbocycles. The smallest absolute Gasteiger partial charge is 0.324 e. The minimum absolute atomic E-state index is 0.0710. The average molecular weight is 364 g/mol. The molecule has 1 aromatic rings. The fourth-order valence-corrected chi connectivity index (χ4v) is 3.90. The van der Waals surface area contributed by atoms with E-state index in [0.717, 1.165) is 25.7 Å². The second-order valence-electron chi connectivity index (χ2n) is 5.88. The van der Waals surface area contributed by atoms with Crippen LogP contribution in [0.2, 0.25) is 0 Å². The highest BCUT2D eigenvalue weighted by Crippen LogP contribution is 2.41. The van der Waals surface area contributed by atoms with Crippen molar-refractivity contribution < 1.29 is 13.2 Å². The monoisotopic (exact) mass is 363 g/mol. The molecular formula is C16H21BrF3N. The molecule has 1 fully saturated rings. The third-order valence-electron chi connectivity index (χ3n) is 4.63. The molecule has 0 aliphatic heterocycles. The number of nitrogens with two attached hydrogens (primary N) is 1. The van der Waals surface area contributed by atoms with E-state index in [1.54, 1.807) is 6.07 Å². The van der Waals surface area contributed by atoms with Gasteiger partial charge in [0.25, 0.3) is 0 Å². The van der Waals surface area contributed by atoms with Crippen molar-refractivity contribution in [3.8, 4) is 0 Å². The Morgan fingerprint density at radius 3 is 2.57 bits per heavy atom. The Labute approximate surface area is 132 Å². The van der Waals surface area contributed by atoms with E-state index in [1.165, 1.54) is 18.6 Å². The summed E-state index contributed by atoms with van der Waals surface area (Å²) in [4.78, 5) is 0. The predicted octanol–water partition coefficient (Wildman–Crippen LogP) is 5.68. The van der Waals surface area contributed by atoms with Crippen molar-refractivity contribution in [3.63, 3.8) is 0 Å². The minimum Gasteiger partial charge on any atom is -0.324 e. The van der Waals surface area contributed by atoms with E-state index in [2.05, 4.69) is 22.9 Å². The molecule has 2 N–H and O–H groups in total. The second kappa shape index (κ2) is 6.69. The van der Waals surface area contributed by atoms with Crippen LogP contribution in [0.5, 0.6) is 0 Å². The minimum atomic E-state index is -4.36. The van der Waals surface area contributed by atoms with E-state index in [9.17, 15) is 13.2 Å². The Morgan fingerprint density at radius 1 is 1.29 bits per heavy atom. The van der Waals surface area contributed by atoms with Crippen LogP contribution < -0.4 is 5.73 Å². The zero-order chi connectivity index (χ0) is 15.6. The van der Waals surface area contributed by atoms with Crippen LogP contribution in [0.4, 0.5) is 13.2 Å². The molecule has 0 radical (unpaired) electrons. The third-order valence-corrected chi connectivity index (χ3v) is 5.33. The first kappa shape index (κ1) is 16.8. The number of halogens is 4. The molecule has 3 unspecified atom stereocenters. The van der Waals surface area contributed by atoms with E-state index < -0.39 is 11.7 Å². The Morgan fingerprint density at radius 2 is 1.95 bits per heavy atom. The summed E-state index contributed by atoms with van der Waals surface area (Å²) in [7, 11) is 0. The molecule has 0 aromatic heterocycles. The van der Waals surface area contributed by atoms with Gasteiger partial charge in [-0.15, -0.1) is 0 Å². The lowest BCUT2D eigenvalue weighted by Gasteiger charge is -2.35. The summed E-state index contributed by atoms with van der Waals surface area (Å²) >= 11 is 2.98. The highest BCUT2D eigenvalue weighted by atomic mass is 79.9. The second-order valence-corrected chi connectivity index (χ2v) is 6.73. The molecule has 0 saturated heterocycles. The molecule has 0 spiro atoms. The van der Waals surface area contributed by atoms with Crippen LogP contribution >= 0.6 is 15.9 Å². The summed E-state index contributed by atoms with van der Waals surface area (Å²) in [5, 5.41) is 0. The molecule has 0 bridgehead atoms. The zero-order valence-electron chi connectivity index (χ0n) is 12.1. The van der Waals surface area contributed by atoms with Crippen molar-refractivity contribution >= 4 is 15.9 Å². The van der Waals surface area contributed by atoms with E-state index in [0.29, 0.717) is 11.5 Å². The molecule has 5 heteroatoms. The number of benzene rings is 1. The first-order valence-corrected chi connectivity index (χ1v) is 8.26. The zero-order valence-corrected chi connectivity index (χ0v) is 13.7. The standard InChI is InChI=1S/C16H21BrF3N/c1-2-10-5-3-4-6-12(10)15(21)11-7-8-14(17)13(9-11)16(18,19)20/h7-10,12,15H,2-6,21H2,1H3. The SMILES string of the molecule is CCC1CCCCC1C(N)c1ccc(Br)c(C(F)(F)F)c1. The van der Waals surface area contributed by atoms with Gasteiger partial charge in [0, 0.05) is 10.5 Å². The van der Waals surface area contributed by atoms with Crippen molar-refractivity contribution in [3.05, 3.63) is 33.8 Å². The predicted molar refractivity (Wildman–Crippen MR) is 81.8 cm³/mol. The van der Waals surface area contributed by atoms with Gasteiger partial charge in [0.15, 0.2) is 0 Å². The molecule has 1 nitrogen and oxygen atoms in total. The van der Waals surface area contributed by atoms with Crippen LogP contribution in [-0.2, 0) is 6.18 Å². The normalized spacial score (nSPS) is 24.9. The van der Waals surface area contributed by atoms with E-state index in [-0.39, 0.29) is 16.4 Å². The molecule has 2 rings (SSSR count). The maximum absolute atomic E-state index is 13.0. The summed E-state index contributed by atoms with van der Waals surface area (Å²) in [5.74, 6) is 0.803. The van der Waals surface area contributed by atoms with Gasteiger partial charge >= 0.3 is 6.18 Å². The molecule has 21 heavy (non-hydrogen) atoms. The lowest BCUT2D eigenvalue weighted by Crippen LogP contribution is -2.30. The van der Waals surface area contributed by atoms with Gasteiger partial charge < -0.3 is 5.73 Å². The van der Waals surface area contributed by atoms with Gasteiger partial charge in [-0.3, -0.25) is 0 Å². The van der Waals surface area contributed by atoms with Crippen LogP contribution in [0.1, 0.15) is 56.2 Å². The van der Waals surface area contributed by atoms with Crippen molar-refractivity contribution in [1.29, 1.82) is 0 Å². The quantitative estimate of drug-likeness (QED) is 0.733. The Balaban J connectivity index is 2.28. The number of rotatable bonds is 3. The molecule has 1 aliphatic rings. The molecule has 3 atom stereocenters. The molecule has 118 valence electrons. The van der Waals surface area contributed by atoms with Gasteiger partial charge in [-0.2, -0.15) is 13.2 Å². The van der Waals surface area contributed by atoms with Gasteiger partial charge in [-0.25, -0.2) is 0 Å². The van der Waals surface area contributed by atoms with Crippen molar-refractivity contribution in [2.24, 2.45) is 17.6 Å². The van der Waals surface area contributed by atoms with Gasteiger partial charge in [-0.1, -0.05) is 54.6 Å². The van der Waals surface area contributed by atoms with Crippen molar-refractivity contribution in [1.82, 2.24) is 0 Å². The van der Waals surface area contributed by atoms with Crippen LogP contribution in [0.3, 0.4) is 0 Å². The number of hydrogen-bond acceptors (Lipinski definition) is 1. The largest absolute Gasteiger partial charge is 0.417 e. The van der Waals surface area contributed by atoms with Gasteiger partial charge in [-0.05, 0) is 36.0 Å². The molecule has 1 saturated carbocycles. The van der Waals surface area contributed by atoms with Gasteiger partial charge in [0.05, 0.1) is 5.56 Å². The lowest BCUT2D eigenvalue weighted by molar-refractivity contribution is -0.138. The molecule has 0 amide bonds. The Bertz CT molecular complexity index is 487. The fraction of sp³-hybridized carbons (Fsp3) is 0.625. The van der Waals surface area contributed by atoms with Crippen molar-refractivity contribution in [2.75, 3.05) is 0 Å². The molecule has 0 heterocycles. The van der Waals surface area contributed by atoms with Crippen LogP contribution in [0, 0.1) is 11.8 Å². The fourth-order valence-electron chi connectivity index (χ4n) is 3.43. The number of hydrogen-bond donors (Lipinski definition) is 1. The maximum Gasteiger partial charge on any atom is 0.417 e. The summed E-state index contributed by atoms with van der Waals surface area (Å²) in [6.07, 6.45) is 1.16. The molecule has 1 aromatic carbocycles. The van der Waals surface area contributed by atoms with Gasteiger partial charge in [0.1, 0.15) is 0 Å².